The maximum absolute atomic E-state index is 13.0. The Balaban J connectivity index is 1.37. The predicted molar refractivity (Wildman–Crippen MR) is 109 cm³/mol. The fourth-order valence-electron chi connectivity index (χ4n) is 4.39. The van der Waals surface area contributed by atoms with Crippen LogP contribution in [0.2, 0.25) is 0 Å². The van der Waals surface area contributed by atoms with Crippen molar-refractivity contribution in [2.45, 2.75) is 44.4 Å². The first-order valence-corrected chi connectivity index (χ1v) is 11.0. The molecule has 0 spiro atoms. The van der Waals surface area contributed by atoms with E-state index < -0.39 is 11.9 Å². The quantitative estimate of drug-likeness (QED) is 0.771. The summed E-state index contributed by atoms with van der Waals surface area (Å²) in [5, 5.41) is 15.2. The summed E-state index contributed by atoms with van der Waals surface area (Å²) in [6, 6.07) is 1.93. The molecule has 2 N–H and O–H groups in total. The fourth-order valence-corrected chi connectivity index (χ4v) is 4.92. The van der Waals surface area contributed by atoms with E-state index >= 15 is 0 Å². The van der Waals surface area contributed by atoms with E-state index in [1.165, 1.54) is 11.3 Å². The molecule has 1 amide bonds. The number of rotatable bonds is 5. The third-order valence-electron chi connectivity index (χ3n) is 5.95. The number of aromatic nitrogens is 3. The van der Waals surface area contributed by atoms with Gasteiger partial charge in [-0.3, -0.25) is 9.59 Å². The van der Waals surface area contributed by atoms with Gasteiger partial charge in [0.15, 0.2) is 5.13 Å². The van der Waals surface area contributed by atoms with Crippen LogP contribution >= 0.6 is 11.3 Å². The van der Waals surface area contributed by atoms with E-state index in [0.29, 0.717) is 31.9 Å². The maximum Gasteiger partial charge on any atom is 0.307 e. The van der Waals surface area contributed by atoms with Crippen LogP contribution in [0.1, 0.15) is 50.1 Å². The van der Waals surface area contributed by atoms with Crippen molar-refractivity contribution in [2.75, 3.05) is 18.4 Å². The molecular weight excluding hydrogens is 390 g/mol. The topological polar surface area (TPSA) is 108 Å². The lowest BCUT2D eigenvalue weighted by Gasteiger charge is -2.36. The first-order valence-electron chi connectivity index (χ1n) is 10.1. The van der Waals surface area contributed by atoms with Crippen molar-refractivity contribution in [3.63, 3.8) is 0 Å². The highest BCUT2D eigenvalue weighted by molar-refractivity contribution is 7.13. The maximum atomic E-state index is 13.0. The number of carboxylic acids is 1. The van der Waals surface area contributed by atoms with Gasteiger partial charge in [-0.05, 0) is 31.7 Å². The lowest BCUT2D eigenvalue weighted by atomic mass is 9.78. The third kappa shape index (κ3) is 4.55. The number of carbonyl (C=O) groups excluding carboxylic acids is 1. The summed E-state index contributed by atoms with van der Waals surface area (Å²) < 4.78 is 0. The molecule has 154 valence electrons. The van der Waals surface area contributed by atoms with Crippen molar-refractivity contribution in [3.05, 3.63) is 29.5 Å². The molecule has 1 saturated heterocycles. The van der Waals surface area contributed by atoms with Gasteiger partial charge in [0, 0.05) is 42.5 Å². The average molecular weight is 416 g/mol. The molecule has 2 aromatic heterocycles. The Hall–Kier alpha value is -2.55. The van der Waals surface area contributed by atoms with Crippen molar-refractivity contribution in [1.82, 2.24) is 19.9 Å². The summed E-state index contributed by atoms with van der Waals surface area (Å²) in [7, 11) is 0. The molecule has 1 saturated carbocycles. The van der Waals surface area contributed by atoms with Gasteiger partial charge in [0.2, 0.25) is 11.9 Å². The van der Waals surface area contributed by atoms with Gasteiger partial charge in [0.05, 0.1) is 11.8 Å². The van der Waals surface area contributed by atoms with Gasteiger partial charge in [-0.1, -0.05) is 12.8 Å². The number of hydrogen-bond donors (Lipinski definition) is 2. The molecule has 2 atom stereocenters. The first kappa shape index (κ1) is 19.8. The average Bonchev–Trinajstić information content (AvgIpc) is 3.26. The van der Waals surface area contributed by atoms with Crippen molar-refractivity contribution in [1.29, 1.82) is 0 Å². The summed E-state index contributed by atoms with van der Waals surface area (Å²) in [6.45, 7) is 1.29. The lowest BCUT2D eigenvalue weighted by molar-refractivity contribution is -0.152. The Labute approximate surface area is 173 Å². The van der Waals surface area contributed by atoms with E-state index in [1.54, 1.807) is 12.4 Å². The monoisotopic (exact) mass is 415 g/mol. The van der Waals surface area contributed by atoms with E-state index in [1.807, 2.05) is 16.3 Å². The van der Waals surface area contributed by atoms with Crippen molar-refractivity contribution in [3.8, 4) is 0 Å². The van der Waals surface area contributed by atoms with E-state index in [9.17, 15) is 14.7 Å². The Kier molecular flexibility index (Phi) is 6.03. The van der Waals surface area contributed by atoms with Gasteiger partial charge in [-0.25, -0.2) is 15.0 Å². The van der Waals surface area contributed by atoms with Gasteiger partial charge >= 0.3 is 5.97 Å². The SMILES string of the molecule is O=C(O)[C@@H]1CCCC[C@@H]1C(=O)N1CCC(c2ccnc(Nc3nccs3)n2)CC1. The molecule has 9 heteroatoms. The largest absolute Gasteiger partial charge is 0.481 e. The second-order valence-electron chi connectivity index (χ2n) is 7.70. The van der Waals surface area contributed by atoms with Crippen molar-refractivity contribution < 1.29 is 14.7 Å². The number of thiazole rings is 1. The second-order valence-corrected chi connectivity index (χ2v) is 8.60. The zero-order chi connectivity index (χ0) is 20.2. The van der Waals surface area contributed by atoms with Crippen LogP contribution in [0.5, 0.6) is 0 Å². The number of carbonyl (C=O) groups is 2. The van der Waals surface area contributed by atoms with E-state index in [4.69, 9.17) is 0 Å². The molecule has 2 fully saturated rings. The number of hydrogen-bond acceptors (Lipinski definition) is 7. The van der Waals surface area contributed by atoms with Gasteiger partial charge in [-0.2, -0.15) is 0 Å². The molecule has 8 nitrogen and oxygen atoms in total. The molecular formula is C20H25N5O3S. The Morgan fingerprint density at radius 3 is 2.52 bits per heavy atom. The van der Waals surface area contributed by atoms with Gasteiger partial charge in [0.25, 0.3) is 0 Å². The van der Waals surface area contributed by atoms with Crippen LogP contribution in [0.3, 0.4) is 0 Å². The Bertz CT molecular complexity index is 852. The molecule has 1 aliphatic heterocycles. The Morgan fingerprint density at radius 1 is 1.07 bits per heavy atom. The number of amides is 1. The lowest BCUT2D eigenvalue weighted by Crippen LogP contribution is -2.45. The van der Waals surface area contributed by atoms with Crippen LogP contribution in [0.25, 0.3) is 0 Å². The van der Waals surface area contributed by atoms with Gasteiger partial charge in [0.1, 0.15) is 0 Å². The Morgan fingerprint density at radius 2 is 1.83 bits per heavy atom. The number of aliphatic carboxylic acids is 1. The highest BCUT2D eigenvalue weighted by atomic mass is 32.1. The molecule has 4 rings (SSSR count). The van der Waals surface area contributed by atoms with Crippen LogP contribution in [0, 0.1) is 11.8 Å². The van der Waals surface area contributed by atoms with Crippen LogP contribution < -0.4 is 5.32 Å². The summed E-state index contributed by atoms with van der Waals surface area (Å²) >= 11 is 1.49. The standard InChI is InChI=1S/C20H25N5O3S/c26-17(14-3-1-2-4-15(14)18(27)28)25-10-6-13(7-11-25)16-5-8-21-19(23-16)24-20-22-9-12-29-20/h5,8-9,12-15H,1-4,6-7,10-11H2,(H,27,28)(H,21,22,23,24)/t14-,15+/m0/s1. The van der Waals surface area contributed by atoms with E-state index in [2.05, 4.69) is 20.3 Å². The fraction of sp³-hybridized carbons (Fsp3) is 0.550. The molecule has 0 radical (unpaired) electrons. The molecule has 2 aromatic rings. The summed E-state index contributed by atoms with van der Waals surface area (Å²) in [4.78, 5) is 39.4. The molecule has 0 aromatic carbocycles. The number of likely N-dealkylation sites (tertiary alicyclic amines) is 1. The smallest absolute Gasteiger partial charge is 0.307 e. The summed E-state index contributed by atoms with van der Waals surface area (Å²) in [5.74, 6) is -0.923. The summed E-state index contributed by atoms with van der Waals surface area (Å²) in [6.07, 6.45) is 8.25. The van der Waals surface area contributed by atoms with Gasteiger partial charge < -0.3 is 15.3 Å². The molecule has 0 unspecified atom stereocenters. The molecule has 29 heavy (non-hydrogen) atoms. The third-order valence-corrected chi connectivity index (χ3v) is 6.64. The van der Waals surface area contributed by atoms with Crippen LogP contribution in [-0.2, 0) is 9.59 Å². The predicted octanol–water partition coefficient (Wildman–Crippen LogP) is 3.27. The second kappa shape index (κ2) is 8.86. The molecule has 0 bridgehead atoms. The minimum absolute atomic E-state index is 0.0179. The van der Waals surface area contributed by atoms with Crippen LogP contribution in [0.4, 0.5) is 11.1 Å². The molecule has 3 heterocycles. The highest BCUT2D eigenvalue weighted by Crippen LogP contribution is 2.34. The molecule has 1 aliphatic carbocycles. The zero-order valence-electron chi connectivity index (χ0n) is 16.2. The number of anilines is 2. The van der Waals surface area contributed by atoms with Crippen molar-refractivity contribution >= 4 is 34.3 Å². The van der Waals surface area contributed by atoms with Crippen LogP contribution in [0.15, 0.2) is 23.8 Å². The minimum Gasteiger partial charge on any atom is -0.481 e. The van der Waals surface area contributed by atoms with E-state index in [-0.39, 0.29) is 17.7 Å². The number of nitrogens with zero attached hydrogens (tertiary/aromatic N) is 4. The first-order chi connectivity index (χ1) is 14.1. The number of carboxylic acid groups (broad SMARTS) is 1. The highest BCUT2D eigenvalue weighted by Gasteiger charge is 2.38. The molecule has 2 aliphatic rings. The number of nitrogens with one attached hydrogen (secondary N) is 1. The number of piperidine rings is 1. The summed E-state index contributed by atoms with van der Waals surface area (Å²) in [5.41, 5.74) is 0.965. The minimum atomic E-state index is -0.834. The van der Waals surface area contributed by atoms with E-state index in [0.717, 1.165) is 36.5 Å². The van der Waals surface area contributed by atoms with Gasteiger partial charge in [-0.15, -0.1) is 11.3 Å². The normalized spacial score (nSPS) is 23.0. The van der Waals surface area contributed by atoms with Crippen LogP contribution in [-0.4, -0.2) is 49.9 Å². The zero-order valence-corrected chi connectivity index (χ0v) is 17.0. The van der Waals surface area contributed by atoms with Crippen molar-refractivity contribution in [2.24, 2.45) is 11.8 Å².